The Morgan fingerprint density at radius 2 is 2.57 bits per heavy atom. The fourth-order valence-corrected chi connectivity index (χ4v) is 0.180. The van der Waals surface area contributed by atoms with Crippen LogP contribution in [0.3, 0.4) is 0 Å². The molecule has 4 heteroatoms. The maximum absolute atomic E-state index is 6.30. The molecule has 0 radical (unpaired) electrons. The molecule has 0 aliphatic carbocycles. The van der Waals surface area contributed by atoms with Crippen molar-refractivity contribution in [2.75, 3.05) is 7.05 Å². The summed E-state index contributed by atoms with van der Waals surface area (Å²) in [5, 5.41) is 5.52. The summed E-state index contributed by atoms with van der Waals surface area (Å²) >= 11 is 0. The number of rotatable bonds is 2. The number of nitrogens with one attached hydrogen (secondary N) is 2. The van der Waals surface area contributed by atoms with Crippen molar-refractivity contribution in [2.45, 2.75) is 0 Å². The van der Waals surface area contributed by atoms with Crippen LogP contribution in [-0.2, 0) is 0 Å². The van der Waals surface area contributed by atoms with Crippen molar-refractivity contribution >= 4 is 0 Å². The van der Waals surface area contributed by atoms with Crippen molar-refractivity contribution in [3.8, 4) is 0 Å². The maximum Gasteiger partial charge on any atom is 0.161 e. The molecular formula is C3H8N4. The Balaban J connectivity index is 3.49. The van der Waals surface area contributed by atoms with E-state index in [1.807, 2.05) is 0 Å². The summed E-state index contributed by atoms with van der Waals surface area (Å²) in [4.78, 5) is 0. The lowest BCUT2D eigenvalue weighted by atomic mass is 10.8. The highest BCUT2D eigenvalue weighted by molar-refractivity contribution is 4.88. The molecule has 0 aromatic rings. The van der Waals surface area contributed by atoms with E-state index in [2.05, 4.69) is 10.4 Å². The average molecular weight is 100 g/mol. The first-order chi connectivity index (χ1) is 3.31. The first-order valence-electron chi connectivity index (χ1n) is 1.81. The minimum absolute atomic E-state index is 0.183. The van der Waals surface area contributed by atoms with Gasteiger partial charge in [0.2, 0.25) is 0 Å². The highest BCUT2D eigenvalue weighted by atomic mass is 15.1. The van der Waals surface area contributed by atoms with Crippen molar-refractivity contribution in [2.24, 2.45) is 10.8 Å². The Bertz CT molecular complexity index is 84.9. The minimum Gasteiger partial charge on any atom is -0.391 e. The summed E-state index contributed by atoms with van der Waals surface area (Å²) in [6, 6.07) is 0. The normalized spacial score (nSPS) is 10.7. The summed E-state index contributed by atoms with van der Waals surface area (Å²) < 4.78 is 0. The second kappa shape index (κ2) is 3.14. The van der Waals surface area contributed by atoms with Gasteiger partial charge in [-0.3, -0.25) is 0 Å². The van der Waals surface area contributed by atoms with Gasteiger partial charge in [0.15, 0.2) is 5.82 Å². The molecule has 0 heterocycles. The standard InChI is InChI=1S/C3H8N4/c1-6-2-3(4)7-5/h2,5-6H,4H2,1H3/b3-2-,7-5?. The molecular weight excluding hydrogens is 92.1 g/mol. The van der Waals surface area contributed by atoms with Crippen LogP contribution in [0.1, 0.15) is 0 Å². The van der Waals surface area contributed by atoms with E-state index in [4.69, 9.17) is 11.3 Å². The summed E-state index contributed by atoms with van der Waals surface area (Å²) in [5.74, 6) is 0.183. The molecule has 0 aromatic heterocycles. The van der Waals surface area contributed by atoms with Gasteiger partial charge >= 0.3 is 0 Å². The Hall–Kier alpha value is -1.06. The van der Waals surface area contributed by atoms with E-state index in [-0.39, 0.29) is 5.82 Å². The highest BCUT2D eigenvalue weighted by Gasteiger charge is 1.74. The van der Waals surface area contributed by atoms with Gasteiger partial charge in [-0.2, -0.15) is 0 Å². The van der Waals surface area contributed by atoms with Gasteiger partial charge in [-0.25, -0.2) is 5.53 Å². The lowest BCUT2D eigenvalue weighted by molar-refractivity contribution is 0.978. The summed E-state index contributed by atoms with van der Waals surface area (Å²) in [6.07, 6.45) is 1.44. The predicted octanol–water partition coefficient (Wildman–Crippen LogP) is -0.00563. The molecule has 0 amide bonds. The molecule has 0 rings (SSSR count). The molecule has 0 bridgehead atoms. The third-order valence-corrected chi connectivity index (χ3v) is 0.421. The first-order valence-corrected chi connectivity index (χ1v) is 1.81. The van der Waals surface area contributed by atoms with Crippen LogP contribution in [0.2, 0.25) is 0 Å². The Morgan fingerprint density at radius 3 is 2.71 bits per heavy atom. The quantitative estimate of drug-likeness (QED) is 0.427. The summed E-state index contributed by atoms with van der Waals surface area (Å²) in [6.45, 7) is 0. The van der Waals surface area contributed by atoms with Gasteiger partial charge in [-0.1, -0.05) is 0 Å². The zero-order valence-electron chi connectivity index (χ0n) is 4.10. The molecule has 0 aliphatic rings. The van der Waals surface area contributed by atoms with E-state index in [0.717, 1.165) is 0 Å². The summed E-state index contributed by atoms with van der Waals surface area (Å²) in [7, 11) is 1.69. The largest absolute Gasteiger partial charge is 0.391 e. The zero-order chi connectivity index (χ0) is 5.70. The molecule has 4 N–H and O–H groups in total. The molecule has 0 saturated heterocycles. The zero-order valence-corrected chi connectivity index (χ0v) is 4.10. The van der Waals surface area contributed by atoms with E-state index in [9.17, 15) is 0 Å². The minimum atomic E-state index is 0.183. The second-order valence-electron chi connectivity index (χ2n) is 0.970. The second-order valence-corrected chi connectivity index (χ2v) is 0.970. The molecule has 0 aliphatic heterocycles. The van der Waals surface area contributed by atoms with E-state index in [1.165, 1.54) is 6.20 Å². The van der Waals surface area contributed by atoms with Crippen LogP contribution in [0.15, 0.2) is 17.1 Å². The molecule has 0 fully saturated rings. The van der Waals surface area contributed by atoms with Crippen LogP contribution < -0.4 is 11.1 Å². The molecule has 4 nitrogen and oxygen atoms in total. The van der Waals surface area contributed by atoms with Gasteiger partial charge in [0.05, 0.1) is 0 Å². The summed E-state index contributed by atoms with van der Waals surface area (Å²) in [5.41, 5.74) is 11.3. The number of hydrogen-bond donors (Lipinski definition) is 3. The highest BCUT2D eigenvalue weighted by Crippen LogP contribution is 1.76. The molecule has 40 valence electrons. The fourth-order valence-electron chi connectivity index (χ4n) is 0.180. The third-order valence-electron chi connectivity index (χ3n) is 0.421. The average Bonchev–Trinajstić information content (AvgIpc) is 1.68. The van der Waals surface area contributed by atoms with Crippen LogP contribution in [0.4, 0.5) is 0 Å². The van der Waals surface area contributed by atoms with Crippen LogP contribution >= 0.6 is 0 Å². The van der Waals surface area contributed by atoms with Crippen LogP contribution in [-0.4, -0.2) is 7.05 Å². The molecule has 0 unspecified atom stereocenters. The van der Waals surface area contributed by atoms with Crippen LogP contribution in [0.25, 0.3) is 0 Å². The Labute approximate surface area is 41.9 Å². The van der Waals surface area contributed by atoms with E-state index >= 15 is 0 Å². The van der Waals surface area contributed by atoms with Gasteiger partial charge < -0.3 is 11.1 Å². The number of nitrogens with zero attached hydrogens (tertiary/aromatic N) is 1. The van der Waals surface area contributed by atoms with Gasteiger partial charge in [-0.05, 0) is 0 Å². The monoisotopic (exact) mass is 100 g/mol. The number of hydrogen-bond acceptors (Lipinski definition) is 4. The van der Waals surface area contributed by atoms with E-state index in [1.54, 1.807) is 7.05 Å². The molecule has 7 heavy (non-hydrogen) atoms. The Kier molecular flexibility index (Phi) is 2.67. The molecule has 0 spiro atoms. The first kappa shape index (κ1) is 5.94. The van der Waals surface area contributed by atoms with Crippen LogP contribution in [0, 0.1) is 5.53 Å². The number of nitrogens with two attached hydrogens (primary N) is 1. The third kappa shape index (κ3) is 2.75. The lowest BCUT2D eigenvalue weighted by Gasteiger charge is -1.85. The van der Waals surface area contributed by atoms with Crippen molar-refractivity contribution < 1.29 is 0 Å². The lowest BCUT2D eigenvalue weighted by Crippen LogP contribution is -2.00. The van der Waals surface area contributed by atoms with Gasteiger partial charge in [-0.15, -0.1) is 5.11 Å². The predicted molar refractivity (Wildman–Crippen MR) is 26.5 cm³/mol. The topological polar surface area (TPSA) is 74.3 Å². The van der Waals surface area contributed by atoms with Crippen molar-refractivity contribution in [1.82, 2.24) is 5.32 Å². The molecule has 0 aromatic carbocycles. The maximum atomic E-state index is 6.30. The van der Waals surface area contributed by atoms with Crippen LogP contribution in [0.5, 0.6) is 0 Å². The van der Waals surface area contributed by atoms with Gasteiger partial charge in [0.1, 0.15) is 0 Å². The van der Waals surface area contributed by atoms with E-state index < -0.39 is 0 Å². The van der Waals surface area contributed by atoms with Gasteiger partial charge in [0, 0.05) is 13.2 Å². The smallest absolute Gasteiger partial charge is 0.161 e. The molecule has 0 saturated carbocycles. The van der Waals surface area contributed by atoms with Crippen molar-refractivity contribution in [3.63, 3.8) is 0 Å². The van der Waals surface area contributed by atoms with Gasteiger partial charge in [0.25, 0.3) is 0 Å². The fraction of sp³-hybridized carbons (Fsp3) is 0.333. The van der Waals surface area contributed by atoms with Crippen molar-refractivity contribution in [1.29, 1.82) is 5.53 Å². The SMILES string of the molecule is CN/C=C(/N)N=N. The Morgan fingerprint density at radius 1 is 2.00 bits per heavy atom. The van der Waals surface area contributed by atoms with E-state index in [0.29, 0.717) is 0 Å². The molecule has 0 atom stereocenters. The van der Waals surface area contributed by atoms with Crippen molar-refractivity contribution in [3.05, 3.63) is 12.0 Å².